The van der Waals surface area contributed by atoms with Crippen molar-refractivity contribution in [3.05, 3.63) is 82.3 Å². The van der Waals surface area contributed by atoms with Crippen LogP contribution in [-0.2, 0) is 0 Å². The second-order valence-electron chi connectivity index (χ2n) is 5.81. The zero-order valence-corrected chi connectivity index (χ0v) is 14.5. The van der Waals surface area contributed by atoms with Crippen LogP contribution in [0.15, 0.2) is 71.1 Å². The summed E-state index contributed by atoms with van der Waals surface area (Å²) in [7, 11) is 1.68. The molecule has 0 aliphatic carbocycles. The van der Waals surface area contributed by atoms with Crippen LogP contribution >= 0.6 is 11.3 Å². The van der Waals surface area contributed by atoms with Gasteiger partial charge in [0.1, 0.15) is 11.6 Å². The summed E-state index contributed by atoms with van der Waals surface area (Å²) in [5.74, 6) is 0.585. The van der Waals surface area contributed by atoms with E-state index < -0.39 is 0 Å². The molecule has 4 rings (SSSR count). The number of para-hydroxylation sites is 1. The molecule has 2 heterocycles. The standard InChI is InChI=1S/C20H17FN2OS/c1-24-19-6-3-2-5-16(19)18-13-17(20-7-4-12-25-20)22-23(18)15-10-8-14(21)9-11-15/h2-12,18H,13H2,1H3. The van der Waals surface area contributed by atoms with Gasteiger partial charge in [-0.15, -0.1) is 11.3 Å². The third-order valence-electron chi connectivity index (χ3n) is 4.31. The molecule has 0 bridgehead atoms. The topological polar surface area (TPSA) is 24.8 Å². The molecule has 0 amide bonds. The lowest BCUT2D eigenvalue weighted by Gasteiger charge is -2.25. The number of halogens is 1. The summed E-state index contributed by atoms with van der Waals surface area (Å²) in [6.45, 7) is 0. The molecule has 3 aromatic rings. The van der Waals surface area contributed by atoms with Gasteiger partial charge in [0.25, 0.3) is 0 Å². The molecule has 1 aliphatic rings. The first-order valence-electron chi connectivity index (χ1n) is 8.05. The van der Waals surface area contributed by atoms with Crippen LogP contribution in [0.5, 0.6) is 5.75 Å². The van der Waals surface area contributed by atoms with Crippen molar-refractivity contribution in [1.29, 1.82) is 0 Å². The molecule has 1 unspecified atom stereocenters. The largest absolute Gasteiger partial charge is 0.496 e. The van der Waals surface area contributed by atoms with Crippen LogP contribution < -0.4 is 9.75 Å². The van der Waals surface area contributed by atoms with Gasteiger partial charge in [-0.25, -0.2) is 4.39 Å². The SMILES string of the molecule is COc1ccccc1C1CC(c2cccs2)=NN1c1ccc(F)cc1. The molecular weight excluding hydrogens is 335 g/mol. The number of thiophene rings is 1. The lowest BCUT2D eigenvalue weighted by molar-refractivity contribution is 0.405. The van der Waals surface area contributed by atoms with Crippen LogP contribution in [0.25, 0.3) is 0 Å². The van der Waals surface area contributed by atoms with E-state index in [4.69, 9.17) is 9.84 Å². The zero-order valence-electron chi connectivity index (χ0n) is 13.7. The van der Waals surface area contributed by atoms with Gasteiger partial charge in [0.2, 0.25) is 0 Å². The zero-order chi connectivity index (χ0) is 17.2. The third kappa shape index (κ3) is 3.03. The summed E-state index contributed by atoms with van der Waals surface area (Å²) in [5.41, 5.74) is 2.98. The van der Waals surface area contributed by atoms with Crippen molar-refractivity contribution in [2.75, 3.05) is 12.1 Å². The predicted molar refractivity (Wildman–Crippen MR) is 100 cm³/mol. The summed E-state index contributed by atoms with van der Waals surface area (Å²) in [5, 5.41) is 8.86. The average Bonchev–Trinajstić information content (AvgIpc) is 3.32. The van der Waals surface area contributed by atoms with E-state index in [-0.39, 0.29) is 11.9 Å². The van der Waals surface area contributed by atoms with E-state index in [9.17, 15) is 4.39 Å². The van der Waals surface area contributed by atoms with Crippen molar-refractivity contribution in [1.82, 2.24) is 0 Å². The number of nitrogens with zero attached hydrogens (tertiary/aromatic N) is 2. The van der Waals surface area contributed by atoms with Crippen LogP contribution in [0.3, 0.4) is 0 Å². The molecule has 1 aromatic heterocycles. The number of anilines is 1. The highest BCUT2D eigenvalue weighted by atomic mass is 32.1. The molecule has 1 atom stereocenters. The predicted octanol–water partition coefficient (Wildman–Crippen LogP) is 5.25. The Morgan fingerprint density at radius 1 is 1.08 bits per heavy atom. The molecule has 126 valence electrons. The fraction of sp³-hybridized carbons (Fsp3) is 0.150. The van der Waals surface area contributed by atoms with Gasteiger partial charge in [-0.1, -0.05) is 24.3 Å². The lowest BCUT2D eigenvalue weighted by Crippen LogP contribution is -2.19. The number of hydrogen-bond donors (Lipinski definition) is 0. The Bertz CT molecular complexity index is 890. The molecule has 0 fully saturated rings. The highest BCUT2D eigenvalue weighted by molar-refractivity contribution is 7.12. The van der Waals surface area contributed by atoms with E-state index in [2.05, 4.69) is 17.5 Å². The van der Waals surface area contributed by atoms with E-state index in [0.717, 1.165) is 34.0 Å². The van der Waals surface area contributed by atoms with Gasteiger partial charge >= 0.3 is 0 Å². The number of benzene rings is 2. The first-order chi connectivity index (χ1) is 12.3. The van der Waals surface area contributed by atoms with E-state index in [1.165, 1.54) is 12.1 Å². The molecule has 3 nitrogen and oxygen atoms in total. The van der Waals surface area contributed by atoms with Crippen molar-refractivity contribution >= 4 is 22.7 Å². The molecule has 5 heteroatoms. The van der Waals surface area contributed by atoms with E-state index in [1.807, 2.05) is 29.3 Å². The first-order valence-corrected chi connectivity index (χ1v) is 8.93. The lowest BCUT2D eigenvalue weighted by atomic mass is 10.00. The highest BCUT2D eigenvalue weighted by Gasteiger charge is 2.32. The Morgan fingerprint density at radius 2 is 1.88 bits per heavy atom. The van der Waals surface area contributed by atoms with Crippen molar-refractivity contribution < 1.29 is 9.13 Å². The molecule has 1 aliphatic heterocycles. The Kier molecular flexibility index (Phi) is 4.24. The van der Waals surface area contributed by atoms with Gasteiger partial charge in [-0.3, -0.25) is 5.01 Å². The van der Waals surface area contributed by atoms with Gasteiger partial charge in [0, 0.05) is 12.0 Å². The average molecular weight is 352 g/mol. The summed E-state index contributed by atoms with van der Waals surface area (Å²) in [6.07, 6.45) is 0.776. The fourth-order valence-corrected chi connectivity index (χ4v) is 3.84. The minimum absolute atomic E-state index is 0.0127. The minimum atomic E-state index is -0.251. The Hall–Kier alpha value is -2.66. The van der Waals surface area contributed by atoms with Crippen molar-refractivity contribution in [2.45, 2.75) is 12.5 Å². The Balaban J connectivity index is 1.78. The summed E-state index contributed by atoms with van der Waals surface area (Å²) >= 11 is 1.68. The van der Waals surface area contributed by atoms with E-state index in [1.54, 1.807) is 30.6 Å². The van der Waals surface area contributed by atoms with E-state index >= 15 is 0 Å². The molecule has 2 aromatic carbocycles. The quantitative estimate of drug-likeness (QED) is 0.640. The molecule has 0 radical (unpaired) electrons. The maximum Gasteiger partial charge on any atom is 0.124 e. The number of rotatable bonds is 4. The Labute approximate surface area is 150 Å². The summed E-state index contributed by atoms with van der Waals surface area (Å²) < 4.78 is 18.9. The van der Waals surface area contributed by atoms with Crippen LogP contribution in [0.1, 0.15) is 22.9 Å². The number of hydrogen-bond acceptors (Lipinski definition) is 4. The molecular formula is C20H17FN2OS. The maximum absolute atomic E-state index is 13.3. The van der Waals surface area contributed by atoms with E-state index in [0.29, 0.717) is 0 Å². The third-order valence-corrected chi connectivity index (χ3v) is 5.22. The van der Waals surface area contributed by atoms with Crippen molar-refractivity contribution in [2.24, 2.45) is 5.10 Å². The van der Waals surface area contributed by atoms with Gasteiger partial charge in [-0.2, -0.15) is 5.10 Å². The van der Waals surface area contributed by atoms with Crippen LogP contribution in [0.4, 0.5) is 10.1 Å². The molecule has 0 saturated heterocycles. The maximum atomic E-state index is 13.3. The summed E-state index contributed by atoms with van der Waals surface area (Å²) in [4.78, 5) is 1.16. The van der Waals surface area contributed by atoms with Gasteiger partial charge < -0.3 is 4.74 Å². The van der Waals surface area contributed by atoms with Gasteiger partial charge in [0.15, 0.2) is 0 Å². The molecule has 0 N–H and O–H groups in total. The number of hydrazone groups is 1. The van der Waals surface area contributed by atoms with Gasteiger partial charge in [-0.05, 0) is 41.8 Å². The minimum Gasteiger partial charge on any atom is -0.496 e. The van der Waals surface area contributed by atoms with Crippen molar-refractivity contribution in [3.8, 4) is 5.75 Å². The highest BCUT2D eigenvalue weighted by Crippen LogP contribution is 2.40. The molecule has 25 heavy (non-hydrogen) atoms. The summed E-state index contributed by atoms with van der Waals surface area (Å²) in [6, 6.07) is 18.6. The normalized spacial score (nSPS) is 16.8. The van der Waals surface area contributed by atoms with Crippen molar-refractivity contribution in [3.63, 3.8) is 0 Å². The monoisotopic (exact) mass is 352 g/mol. The second-order valence-corrected chi connectivity index (χ2v) is 6.75. The number of ether oxygens (including phenoxy) is 1. The van der Waals surface area contributed by atoms with Crippen LogP contribution in [-0.4, -0.2) is 12.8 Å². The Morgan fingerprint density at radius 3 is 2.60 bits per heavy atom. The second kappa shape index (κ2) is 6.69. The van der Waals surface area contributed by atoms with Crippen LogP contribution in [0.2, 0.25) is 0 Å². The smallest absolute Gasteiger partial charge is 0.124 e. The fourth-order valence-electron chi connectivity index (χ4n) is 3.12. The number of methoxy groups -OCH3 is 1. The van der Waals surface area contributed by atoms with Gasteiger partial charge in [0.05, 0.1) is 29.4 Å². The molecule has 0 spiro atoms. The first kappa shape index (κ1) is 15.8. The molecule has 0 saturated carbocycles. The van der Waals surface area contributed by atoms with Crippen LogP contribution in [0, 0.1) is 5.82 Å².